The number of nitrogens with zero attached hydrogens (tertiary/aromatic N) is 3. The fourth-order valence-corrected chi connectivity index (χ4v) is 6.17. The number of fused-ring (bicyclic) bond motifs is 1. The number of nitrogens with one attached hydrogen (secondary N) is 2. The lowest BCUT2D eigenvalue weighted by atomic mass is 10.0. The number of ether oxygens (including phenoxy) is 1. The molecule has 0 atom stereocenters. The number of hydrogen-bond donors (Lipinski definition) is 2. The molecule has 0 bridgehead atoms. The van der Waals surface area contributed by atoms with Gasteiger partial charge in [-0.25, -0.2) is 4.39 Å². The third kappa shape index (κ3) is 7.19. The van der Waals surface area contributed by atoms with Crippen molar-refractivity contribution < 1.29 is 13.9 Å². The largest absolute Gasteiger partial charge is 0.453 e. The van der Waals surface area contributed by atoms with Crippen molar-refractivity contribution in [1.82, 2.24) is 20.1 Å². The number of likely N-dealkylation sites (tertiary alicyclic amines) is 1. The standard InChI is InChI=1S/C30H32FN5O2S2/c1-35(2)22-11-14-36(15-12-22)19-23-18-25-29(40-23)27(10-13-32-25)38-26-9-8-21(17-24(26)31)33-30(39)34-28(37)16-20-6-4-3-5-7-20/h3-10,13,17-18,22H,11-12,14-16,19H2,1-2H3,(H2,33,34,37,39). The molecule has 2 aromatic heterocycles. The quantitative estimate of drug-likeness (QED) is 0.256. The molecule has 10 heteroatoms. The molecule has 1 fully saturated rings. The third-order valence-electron chi connectivity index (χ3n) is 6.96. The summed E-state index contributed by atoms with van der Waals surface area (Å²) in [6.45, 7) is 3.01. The average molecular weight is 578 g/mol. The van der Waals surface area contributed by atoms with Crippen LogP contribution in [0.5, 0.6) is 11.5 Å². The molecule has 2 aromatic carbocycles. The predicted octanol–water partition coefficient (Wildman–Crippen LogP) is 5.81. The monoisotopic (exact) mass is 577 g/mol. The lowest BCUT2D eigenvalue weighted by molar-refractivity contribution is -0.119. The number of hydrogen-bond acceptors (Lipinski definition) is 7. The van der Waals surface area contributed by atoms with Gasteiger partial charge in [0.05, 0.1) is 16.6 Å². The normalized spacial score (nSPS) is 14.4. The zero-order valence-electron chi connectivity index (χ0n) is 22.5. The molecule has 40 heavy (non-hydrogen) atoms. The Kier molecular flexibility index (Phi) is 9.01. The first-order chi connectivity index (χ1) is 19.3. The van der Waals surface area contributed by atoms with E-state index in [0.717, 1.165) is 35.4 Å². The van der Waals surface area contributed by atoms with E-state index in [1.165, 1.54) is 23.8 Å². The highest BCUT2D eigenvalue weighted by molar-refractivity contribution is 7.80. The highest BCUT2D eigenvalue weighted by Crippen LogP contribution is 2.36. The van der Waals surface area contributed by atoms with Crippen molar-refractivity contribution in [3.63, 3.8) is 0 Å². The Balaban J connectivity index is 1.20. The fourth-order valence-electron chi connectivity index (χ4n) is 4.83. The molecule has 4 aromatic rings. The van der Waals surface area contributed by atoms with Crippen LogP contribution in [0.1, 0.15) is 23.3 Å². The molecule has 1 amide bonds. The second-order valence-corrected chi connectivity index (χ2v) is 11.7. The minimum Gasteiger partial charge on any atom is -0.453 e. The maximum Gasteiger partial charge on any atom is 0.230 e. The average Bonchev–Trinajstić information content (AvgIpc) is 3.34. The van der Waals surface area contributed by atoms with Gasteiger partial charge in [-0.15, -0.1) is 11.3 Å². The zero-order valence-corrected chi connectivity index (χ0v) is 24.2. The van der Waals surface area contributed by atoms with Crippen LogP contribution in [-0.2, 0) is 17.8 Å². The van der Waals surface area contributed by atoms with E-state index >= 15 is 4.39 Å². The molecule has 0 spiro atoms. The van der Waals surface area contributed by atoms with Crippen LogP contribution in [0.2, 0.25) is 0 Å². The minimum absolute atomic E-state index is 0.0952. The van der Waals surface area contributed by atoms with Gasteiger partial charge in [0, 0.05) is 54.6 Å². The van der Waals surface area contributed by atoms with Gasteiger partial charge in [0.2, 0.25) is 5.91 Å². The smallest absolute Gasteiger partial charge is 0.230 e. The highest BCUT2D eigenvalue weighted by atomic mass is 32.1. The van der Waals surface area contributed by atoms with Crippen molar-refractivity contribution in [2.45, 2.75) is 31.8 Å². The molecule has 0 aliphatic carbocycles. The summed E-state index contributed by atoms with van der Waals surface area (Å²) in [7, 11) is 4.30. The minimum atomic E-state index is -0.547. The van der Waals surface area contributed by atoms with E-state index in [2.05, 4.69) is 45.6 Å². The van der Waals surface area contributed by atoms with Gasteiger partial charge < -0.3 is 20.3 Å². The highest BCUT2D eigenvalue weighted by Gasteiger charge is 2.21. The fraction of sp³-hybridized carbons (Fsp3) is 0.300. The topological polar surface area (TPSA) is 69.7 Å². The first-order valence-electron chi connectivity index (χ1n) is 13.2. The van der Waals surface area contributed by atoms with Crippen molar-refractivity contribution in [2.24, 2.45) is 0 Å². The number of benzene rings is 2. The van der Waals surface area contributed by atoms with E-state index < -0.39 is 5.82 Å². The molecule has 0 unspecified atom stereocenters. The molecule has 1 aliphatic rings. The molecule has 0 radical (unpaired) electrons. The summed E-state index contributed by atoms with van der Waals surface area (Å²) in [5, 5.41) is 5.58. The van der Waals surface area contributed by atoms with Crippen LogP contribution in [0.15, 0.2) is 66.9 Å². The van der Waals surface area contributed by atoms with Crippen molar-refractivity contribution in [2.75, 3.05) is 32.5 Å². The summed E-state index contributed by atoms with van der Waals surface area (Å²) in [5.41, 5.74) is 2.13. The van der Waals surface area contributed by atoms with Crippen LogP contribution in [0.3, 0.4) is 0 Å². The Morgan fingerprint density at radius 1 is 1.12 bits per heavy atom. The molecule has 2 N–H and O–H groups in total. The molecule has 7 nitrogen and oxygen atoms in total. The van der Waals surface area contributed by atoms with Gasteiger partial charge in [0.1, 0.15) is 5.75 Å². The number of carbonyl (C=O) groups is 1. The lowest BCUT2D eigenvalue weighted by Gasteiger charge is -2.34. The zero-order chi connectivity index (χ0) is 28.1. The van der Waals surface area contributed by atoms with Gasteiger partial charge >= 0.3 is 0 Å². The number of anilines is 1. The summed E-state index contributed by atoms with van der Waals surface area (Å²) in [5.74, 6) is -0.137. The van der Waals surface area contributed by atoms with E-state index in [4.69, 9.17) is 17.0 Å². The molecule has 1 saturated heterocycles. The van der Waals surface area contributed by atoms with E-state index in [0.29, 0.717) is 17.5 Å². The van der Waals surface area contributed by atoms with Crippen LogP contribution in [0, 0.1) is 5.82 Å². The number of halogens is 1. The SMILES string of the molecule is CN(C)C1CCN(Cc2cc3nccc(Oc4ccc(NC(=S)NC(=O)Cc5ccccc5)cc4F)c3s2)CC1. The van der Waals surface area contributed by atoms with Crippen molar-refractivity contribution in [3.8, 4) is 11.5 Å². The number of piperidine rings is 1. The van der Waals surface area contributed by atoms with Crippen LogP contribution < -0.4 is 15.4 Å². The number of amides is 1. The van der Waals surface area contributed by atoms with E-state index in [9.17, 15) is 4.79 Å². The van der Waals surface area contributed by atoms with Crippen LogP contribution >= 0.6 is 23.6 Å². The van der Waals surface area contributed by atoms with Crippen molar-refractivity contribution >= 4 is 50.5 Å². The number of thiophene rings is 1. The van der Waals surface area contributed by atoms with E-state index in [1.807, 2.05) is 30.3 Å². The van der Waals surface area contributed by atoms with E-state index in [-0.39, 0.29) is 23.2 Å². The van der Waals surface area contributed by atoms with Gasteiger partial charge in [-0.1, -0.05) is 30.3 Å². The van der Waals surface area contributed by atoms with Crippen molar-refractivity contribution in [1.29, 1.82) is 0 Å². The van der Waals surface area contributed by atoms with Gasteiger partial charge in [-0.05, 0) is 62.9 Å². The second-order valence-electron chi connectivity index (χ2n) is 10.1. The Hall–Kier alpha value is -3.44. The second kappa shape index (κ2) is 12.8. The molecular formula is C30H32FN5O2S2. The molecule has 5 rings (SSSR count). The maximum absolute atomic E-state index is 15.0. The lowest BCUT2D eigenvalue weighted by Crippen LogP contribution is -2.41. The van der Waals surface area contributed by atoms with Crippen LogP contribution in [0.4, 0.5) is 10.1 Å². The number of aromatic nitrogens is 1. The van der Waals surface area contributed by atoms with Crippen LogP contribution in [-0.4, -0.2) is 59.0 Å². The maximum atomic E-state index is 15.0. The first-order valence-corrected chi connectivity index (χ1v) is 14.4. The molecular weight excluding hydrogens is 545 g/mol. The molecule has 1 aliphatic heterocycles. The molecule has 208 valence electrons. The number of pyridine rings is 1. The van der Waals surface area contributed by atoms with Gasteiger partial charge in [0.15, 0.2) is 16.7 Å². The molecule has 3 heterocycles. The number of rotatable bonds is 8. The Morgan fingerprint density at radius 2 is 1.90 bits per heavy atom. The summed E-state index contributed by atoms with van der Waals surface area (Å²) >= 11 is 6.87. The van der Waals surface area contributed by atoms with E-state index in [1.54, 1.807) is 35.7 Å². The summed E-state index contributed by atoms with van der Waals surface area (Å²) < 4.78 is 21.9. The third-order valence-corrected chi connectivity index (χ3v) is 8.29. The Bertz CT molecular complexity index is 1490. The summed E-state index contributed by atoms with van der Waals surface area (Å²) in [4.78, 5) is 22.8. The summed E-state index contributed by atoms with van der Waals surface area (Å²) in [6.07, 6.45) is 4.21. The Morgan fingerprint density at radius 3 is 2.62 bits per heavy atom. The first kappa shape index (κ1) is 28.1. The predicted molar refractivity (Wildman–Crippen MR) is 163 cm³/mol. The summed E-state index contributed by atoms with van der Waals surface area (Å²) in [6, 6.07) is 18.4. The van der Waals surface area contributed by atoms with Gasteiger partial charge in [-0.2, -0.15) is 0 Å². The number of carbonyl (C=O) groups excluding carboxylic acids is 1. The van der Waals surface area contributed by atoms with Crippen molar-refractivity contribution in [3.05, 3.63) is 83.1 Å². The van der Waals surface area contributed by atoms with Gasteiger partial charge in [-0.3, -0.25) is 14.7 Å². The Labute approximate surface area is 243 Å². The van der Waals surface area contributed by atoms with Crippen LogP contribution in [0.25, 0.3) is 10.2 Å². The van der Waals surface area contributed by atoms with Gasteiger partial charge in [0.25, 0.3) is 0 Å². The number of thiocarbonyl (C=S) groups is 1. The molecule has 0 saturated carbocycles.